The first-order chi connectivity index (χ1) is 22.3. The Labute approximate surface area is 283 Å². The van der Waals surface area contributed by atoms with E-state index in [0.29, 0.717) is 35.8 Å². The van der Waals surface area contributed by atoms with E-state index < -0.39 is 0 Å². The van der Waals surface area contributed by atoms with Crippen LogP contribution in [0, 0.1) is 35.5 Å². The van der Waals surface area contributed by atoms with E-state index in [2.05, 4.69) is 100.0 Å². The van der Waals surface area contributed by atoms with Crippen molar-refractivity contribution in [3.63, 3.8) is 0 Å². The molecule has 1 aromatic rings. The smallest absolute Gasteiger partial charge is 0.0427 e. The number of aliphatic imine (C=N–C) groups is 1. The predicted octanol–water partition coefficient (Wildman–Crippen LogP) is 9.45. The maximum atomic E-state index is 4.92. The fourth-order valence-electron chi connectivity index (χ4n) is 9.92. The highest BCUT2D eigenvalue weighted by Gasteiger charge is 2.38. The van der Waals surface area contributed by atoms with Crippen LogP contribution in [0.25, 0.3) is 0 Å². The summed E-state index contributed by atoms with van der Waals surface area (Å²) < 4.78 is 0. The Balaban J connectivity index is 0.000000219. The zero-order chi connectivity index (χ0) is 32.5. The summed E-state index contributed by atoms with van der Waals surface area (Å²) in [5, 5.41) is 11.7. The molecule has 1 aliphatic carbocycles. The fraction of sp³-hybridized carbons (Fsp3) is 0.738. The molecular formula is C42H68N4. The molecule has 4 nitrogen and oxygen atoms in total. The summed E-state index contributed by atoms with van der Waals surface area (Å²) in [6.07, 6.45) is 20.5. The van der Waals surface area contributed by atoms with Crippen LogP contribution in [-0.4, -0.2) is 43.5 Å². The first-order valence-electron chi connectivity index (χ1n) is 19.5. The summed E-state index contributed by atoms with van der Waals surface area (Å²) in [4.78, 5) is 4.92. The second-order valence-electron chi connectivity index (χ2n) is 16.3. The summed E-state index contributed by atoms with van der Waals surface area (Å²) in [5.74, 6) is 4.94. The topological polar surface area (TPSA) is 48.5 Å². The number of hydrogen-bond acceptors (Lipinski definition) is 4. The first kappa shape index (κ1) is 35.4. The Morgan fingerprint density at radius 2 is 1.37 bits per heavy atom. The molecule has 6 rings (SSSR count). The molecule has 0 aromatic heterocycles. The largest absolute Gasteiger partial charge is 0.385 e. The number of piperidine rings is 2. The van der Waals surface area contributed by atoms with Crippen molar-refractivity contribution in [2.24, 2.45) is 40.5 Å². The van der Waals surface area contributed by atoms with Crippen LogP contribution in [0.5, 0.6) is 0 Å². The van der Waals surface area contributed by atoms with Gasteiger partial charge in [-0.3, -0.25) is 4.99 Å². The van der Waals surface area contributed by atoms with E-state index in [0.717, 1.165) is 36.8 Å². The highest BCUT2D eigenvalue weighted by Crippen LogP contribution is 2.43. The first-order valence-corrected chi connectivity index (χ1v) is 19.5. The molecule has 0 spiro atoms. The summed E-state index contributed by atoms with van der Waals surface area (Å²) in [6.45, 7) is 17.8. The summed E-state index contributed by atoms with van der Waals surface area (Å²) in [6, 6.07) is 12.9. The lowest BCUT2D eigenvalue weighted by molar-refractivity contribution is 0.144. The van der Waals surface area contributed by atoms with Gasteiger partial charge in [0.05, 0.1) is 0 Å². The highest BCUT2D eigenvalue weighted by molar-refractivity contribution is 5.98. The predicted molar refractivity (Wildman–Crippen MR) is 199 cm³/mol. The van der Waals surface area contributed by atoms with Crippen LogP contribution in [0.2, 0.25) is 0 Å². The number of benzene rings is 1. The molecule has 256 valence electrons. The lowest BCUT2D eigenvalue weighted by Crippen LogP contribution is -2.48. The van der Waals surface area contributed by atoms with Crippen LogP contribution in [0.3, 0.4) is 0 Å². The van der Waals surface area contributed by atoms with Crippen LogP contribution < -0.4 is 16.0 Å². The molecule has 2 fully saturated rings. The van der Waals surface area contributed by atoms with E-state index in [1.54, 1.807) is 11.3 Å². The van der Waals surface area contributed by atoms with Crippen LogP contribution in [0.4, 0.5) is 0 Å². The summed E-state index contributed by atoms with van der Waals surface area (Å²) in [5.41, 5.74) is 6.20. The van der Waals surface area contributed by atoms with Crippen LogP contribution in [0.1, 0.15) is 130 Å². The minimum absolute atomic E-state index is 0.539. The SMILES string of the molecule is CC(C)C(C1=NCCC=C1)C1CCC2=C(CC(C(C(C)C)C3CCCCN3)CC2)N1.CC(C)C(c1ccccc1)C1CCCCN1. The average Bonchev–Trinajstić information content (AvgIpc) is 3.07. The average molecular weight is 629 g/mol. The molecule has 4 heterocycles. The number of rotatable bonds is 9. The van der Waals surface area contributed by atoms with Gasteiger partial charge in [0.2, 0.25) is 0 Å². The van der Waals surface area contributed by atoms with Crippen LogP contribution >= 0.6 is 0 Å². The molecule has 4 heteroatoms. The normalized spacial score (nSPS) is 28.9. The zero-order valence-electron chi connectivity index (χ0n) is 30.4. The van der Waals surface area contributed by atoms with Gasteiger partial charge < -0.3 is 16.0 Å². The number of dihydropyridines is 1. The number of hydrogen-bond donors (Lipinski definition) is 3. The standard InChI is InChI=1S/C27H45N3.C15H23N/c1-18(2)26(22-9-5-7-15-28-22)21-12-11-20-13-14-24(30-25(20)17-21)27(19(3)4)23-10-6-8-16-29-23;1-12(2)15(13-8-4-3-5-9-13)14-10-6-7-11-16-14/h6,10,18-19,21-22,24,26-28,30H,5,7-9,11-17H2,1-4H3;3-5,8-9,12,14-16H,6-7,10-11H2,1-2H3. The maximum absolute atomic E-state index is 4.92. The van der Waals surface area contributed by atoms with Gasteiger partial charge >= 0.3 is 0 Å². The second kappa shape index (κ2) is 17.5. The molecule has 4 aliphatic heterocycles. The highest BCUT2D eigenvalue weighted by atomic mass is 15.0. The third kappa shape index (κ3) is 9.16. The van der Waals surface area contributed by atoms with E-state index in [-0.39, 0.29) is 0 Å². The molecule has 0 saturated carbocycles. The lowest BCUT2D eigenvalue weighted by atomic mass is 9.68. The molecule has 7 atom stereocenters. The van der Waals surface area contributed by atoms with Gasteiger partial charge in [-0.15, -0.1) is 0 Å². The van der Waals surface area contributed by atoms with Crippen molar-refractivity contribution >= 4 is 5.71 Å². The van der Waals surface area contributed by atoms with E-state index in [4.69, 9.17) is 4.99 Å². The van der Waals surface area contributed by atoms with Gasteiger partial charge in [0.1, 0.15) is 0 Å². The third-order valence-electron chi connectivity index (χ3n) is 12.0. The molecule has 1 aromatic carbocycles. The maximum Gasteiger partial charge on any atom is 0.0427 e. The molecule has 0 radical (unpaired) electrons. The van der Waals surface area contributed by atoms with Gasteiger partial charge in [-0.05, 0) is 119 Å². The van der Waals surface area contributed by atoms with Crippen LogP contribution in [0.15, 0.2) is 58.7 Å². The quantitative estimate of drug-likeness (QED) is 0.255. The van der Waals surface area contributed by atoms with Crippen molar-refractivity contribution < 1.29 is 0 Å². The lowest BCUT2D eigenvalue weighted by Gasteiger charge is -2.44. The van der Waals surface area contributed by atoms with E-state index in [9.17, 15) is 0 Å². The fourth-order valence-corrected chi connectivity index (χ4v) is 9.92. The van der Waals surface area contributed by atoms with Gasteiger partial charge in [-0.2, -0.15) is 0 Å². The van der Waals surface area contributed by atoms with E-state index in [1.165, 1.54) is 95.0 Å². The third-order valence-corrected chi connectivity index (χ3v) is 12.0. The molecule has 0 amide bonds. The Morgan fingerprint density at radius 1 is 0.696 bits per heavy atom. The Bertz CT molecular complexity index is 1140. The molecule has 5 aliphatic rings. The van der Waals surface area contributed by atoms with Crippen molar-refractivity contribution in [2.45, 2.75) is 143 Å². The molecule has 3 N–H and O–H groups in total. The van der Waals surface area contributed by atoms with Gasteiger partial charge in [0.15, 0.2) is 0 Å². The van der Waals surface area contributed by atoms with Crippen molar-refractivity contribution in [3.8, 4) is 0 Å². The van der Waals surface area contributed by atoms with Gasteiger partial charge in [0.25, 0.3) is 0 Å². The number of nitrogens with zero attached hydrogens (tertiary/aromatic N) is 1. The van der Waals surface area contributed by atoms with Gasteiger partial charge in [-0.25, -0.2) is 0 Å². The zero-order valence-corrected chi connectivity index (χ0v) is 30.4. The Morgan fingerprint density at radius 3 is 1.96 bits per heavy atom. The molecule has 0 bridgehead atoms. The number of nitrogens with one attached hydrogen (secondary N) is 3. The molecule has 46 heavy (non-hydrogen) atoms. The van der Waals surface area contributed by atoms with Gasteiger partial charge in [0, 0.05) is 47.9 Å². The van der Waals surface area contributed by atoms with Crippen molar-refractivity contribution in [3.05, 3.63) is 59.3 Å². The molecule has 2 saturated heterocycles. The monoisotopic (exact) mass is 629 g/mol. The van der Waals surface area contributed by atoms with Crippen molar-refractivity contribution in [1.29, 1.82) is 0 Å². The summed E-state index contributed by atoms with van der Waals surface area (Å²) >= 11 is 0. The summed E-state index contributed by atoms with van der Waals surface area (Å²) in [7, 11) is 0. The molecule has 7 unspecified atom stereocenters. The van der Waals surface area contributed by atoms with Crippen molar-refractivity contribution in [2.75, 3.05) is 19.6 Å². The van der Waals surface area contributed by atoms with Gasteiger partial charge in [-0.1, -0.05) is 96.4 Å². The van der Waals surface area contributed by atoms with E-state index >= 15 is 0 Å². The molecular weight excluding hydrogens is 560 g/mol. The van der Waals surface area contributed by atoms with Crippen molar-refractivity contribution in [1.82, 2.24) is 16.0 Å². The number of allylic oxidation sites excluding steroid dienone is 3. The second-order valence-corrected chi connectivity index (χ2v) is 16.3. The Hall–Kier alpha value is -1.91. The Kier molecular flexibility index (Phi) is 13.4. The minimum atomic E-state index is 0.539. The van der Waals surface area contributed by atoms with Crippen LogP contribution in [-0.2, 0) is 0 Å². The minimum Gasteiger partial charge on any atom is -0.385 e. The van der Waals surface area contributed by atoms with E-state index in [1.807, 2.05) is 0 Å².